The van der Waals surface area contributed by atoms with Crippen molar-refractivity contribution in [3.8, 4) is 0 Å². The molecule has 33 heavy (non-hydrogen) atoms. The molecule has 174 valence electrons. The highest BCUT2D eigenvalue weighted by atomic mass is 16.2. The van der Waals surface area contributed by atoms with E-state index < -0.39 is 24.0 Å². The van der Waals surface area contributed by atoms with Gasteiger partial charge in [-0.1, -0.05) is 66.7 Å². The largest absolute Gasteiger partial charge is 0.343 e. The standard InChI is InChI=1S/C25H31N5O3/c1-3-16-30(28-23(31)18(2)26)25(33)29-17-10-15-21(29)24(32)27-22(19-11-6-4-7-12-19)20-13-8-5-9-14-20/h3-9,11-14,18,21-22H,1,10,15-17,26H2,2H3,(H,27,32)(H,28,31)/t18-,21-/m0/s1. The van der Waals surface area contributed by atoms with E-state index in [0.29, 0.717) is 19.4 Å². The molecule has 0 spiro atoms. The van der Waals surface area contributed by atoms with E-state index in [1.807, 2.05) is 60.7 Å². The van der Waals surface area contributed by atoms with E-state index in [2.05, 4.69) is 17.3 Å². The first-order valence-electron chi connectivity index (χ1n) is 11.1. The Labute approximate surface area is 194 Å². The second kappa shape index (κ2) is 11.3. The maximum atomic E-state index is 13.4. The predicted molar refractivity (Wildman–Crippen MR) is 127 cm³/mol. The SMILES string of the molecule is C=CCN(NC(=O)[C@H](C)N)C(=O)N1CCC[C@H]1C(=O)NC(c1ccccc1)c1ccccc1. The first-order chi connectivity index (χ1) is 15.9. The molecule has 0 aromatic heterocycles. The normalized spacial score (nSPS) is 16.2. The lowest BCUT2D eigenvalue weighted by Crippen LogP contribution is -2.57. The fourth-order valence-electron chi connectivity index (χ4n) is 3.85. The average molecular weight is 450 g/mol. The summed E-state index contributed by atoms with van der Waals surface area (Å²) in [6.45, 7) is 5.69. The van der Waals surface area contributed by atoms with E-state index in [1.165, 1.54) is 17.9 Å². The fourth-order valence-corrected chi connectivity index (χ4v) is 3.85. The summed E-state index contributed by atoms with van der Waals surface area (Å²) in [5.74, 6) is -0.728. The van der Waals surface area contributed by atoms with Crippen LogP contribution in [0.2, 0.25) is 0 Å². The molecule has 1 fully saturated rings. The molecule has 2 aromatic rings. The van der Waals surface area contributed by atoms with Crippen molar-refractivity contribution in [2.75, 3.05) is 13.1 Å². The van der Waals surface area contributed by atoms with Crippen LogP contribution in [0.3, 0.4) is 0 Å². The number of benzene rings is 2. The van der Waals surface area contributed by atoms with Crippen LogP contribution in [0.25, 0.3) is 0 Å². The van der Waals surface area contributed by atoms with Gasteiger partial charge in [0.25, 0.3) is 5.91 Å². The summed E-state index contributed by atoms with van der Waals surface area (Å²) in [6.07, 6.45) is 2.73. The number of nitrogens with zero attached hydrogens (tertiary/aromatic N) is 2. The molecular formula is C25H31N5O3. The zero-order valence-electron chi connectivity index (χ0n) is 18.8. The van der Waals surface area contributed by atoms with Gasteiger partial charge in [0.1, 0.15) is 6.04 Å². The second-order valence-electron chi connectivity index (χ2n) is 8.06. The monoisotopic (exact) mass is 449 g/mol. The number of nitrogens with one attached hydrogen (secondary N) is 2. The van der Waals surface area contributed by atoms with Gasteiger partial charge in [-0.2, -0.15) is 0 Å². The number of likely N-dealkylation sites (tertiary alicyclic amines) is 1. The lowest BCUT2D eigenvalue weighted by Gasteiger charge is -2.32. The van der Waals surface area contributed by atoms with Gasteiger partial charge in [0, 0.05) is 6.54 Å². The molecule has 0 saturated carbocycles. The summed E-state index contributed by atoms with van der Waals surface area (Å²) in [6, 6.07) is 17.2. The minimum atomic E-state index is -0.778. The molecule has 1 saturated heterocycles. The third-order valence-electron chi connectivity index (χ3n) is 5.55. The van der Waals surface area contributed by atoms with Crippen molar-refractivity contribution in [3.63, 3.8) is 0 Å². The number of carbonyl (C=O) groups excluding carboxylic acids is 3. The number of nitrogens with two attached hydrogens (primary N) is 1. The van der Waals surface area contributed by atoms with Crippen LogP contribution >= 0.6 is 0 Å². The smallest absolute Gasteiger partial charge is 0.339 e. The molecule has 8 nitrogen and oxygen atoms in total. The van der Waals surface area contributed by atoms with Gasteiger partial charge in [0.2, 0.25) is 5.91 Å². The molecule has 1 heterocycles. The van der Waals surface area contributed by atoms with Crippen LogP contribution in [0.4, 0.5) is 4.79 Å². The van der Waals surface area contributed by atoms with Crippen LogP contribution in [-0.2, 0) is 9.59 Å². The van der Waals surface area contributed by atoms with Crippen molar-refractivity contribution in [1.82, 2.24) is 20.7 Å². The van der Waals surface area contributed by atoms with Crippen molar-refractivity contribution in [2.45, 2.75) is 37.9 Å². The lowest BCUT2D eigenvalue weighted by atomic mass is 9.98. The highest BCUT2D eigenvalue weighted by Gasteiger charge is 2.37. The highest BCUT2D eigenvalue weighted by molar-refractivity contribution is 5.89. The molecule has 4 N–H and O–H groups in total. The van der Waals surface area contributed by atoms with Gasteiger partial charge in [-0.3, -0.25) is 15.0 Å². The van der Waals surface area contributed by atoms with E-state index in [0.717, 1.165) is 16.1 Å². The quantitative estimate of drug-likeness (QED) is 0.445. The van der Waals surface area contributed by atoms with Crippen LogP contribution in [0, 0.1) is 0 Å². The van der Waals surface area contributed by atoms with Crippen molar-refractivity contribution in [3.05, 3.63) is 84.4 Å². The van der Waals surface area contributed by atoms with Gasteiger partial charge in [0.15, 0.2) is 0 Å². The molecular weight excluding hydrogens is 418 g/mol. The zero-order valence-corrected chi connectivity index (χ0v) is 18.8. The summed E-state index contributed by atoms with van der Waals surface area (Å²) in [5, 5.41) is 4.28. The molecule has 0 unspecified atom stereocenters. The summed E-state index contributed by atoms with van der Waals surface area (Å²) >= 11 is 0. The van der Waals surface area contributed by atoms with Crippen LogP contribution in [0.5, 0.6) is 0 Å². The maximum Gasteiger partial charge on any atom is 0.339 e. The summed E-state index contributed by atoms with van der Waals surface area (Å²) in [5.41, 5.74) is 10.0. The topological polar surface area (TPSA) is 108 Å². The van der Waals surface area contributed by atoms with Crippen LogP contribution in [0.15, 0.2) is 73.3 Å². The van der Waals surface area contributed by atoms with Gasteiger partial charge in [-0.25, -0.2) is 9.80 Å². The second-order valence-corrected chi connectivity index (χ2v) is 8.06. The van der Waals surface area contributed by atoms with Crippen molar-refractivity contribution in [2.24, 2.45) is 5.73 Å². The van der Waals surface area contributed by atoms with Gasteiger partial charge in [-0.05, 0) is 30.9 Å². The van der Waals surface area contributed by atoms with Crippen molar-refractivity contribution >= 4 is 17.8 Å². The Bertz CT molecular complexity index is 925. The van der Waals surface area contributed by atoms with E-state index in [1.54, 1.807) is 0 Å². The minimum absolute atomic E-state index is 0.0960. The predicted octanol–water partition coefficient (Wildman–Crippen LogP) is 2.34. The Morgan fingerprint density at radius 3 is 2.21 bits per heavy atom. The first-order valence-corrected chi connectivity index (χ1v) is 11.1. The van der Waals surface area contributed by atoms with Gasteiger partial charge < -0.3 is 16.0 Å². The molecule has 2 aromatic carbocycles. The van der Waals surface area contributed by atoms with Crippen molar-refractivity contribution < 1.29 is 14.4 Å². The molecule has 0 radical (unpaired) electrons. The average Bonchev–Trinajstić information content (AvgIpc) is 3.33. The number of hydrazine groups is 1. The lowest BCUT2D eigenvalue weighted by molar-refractivity contribution is -0.126. The number of hydrogen-bond acceptors (Lipinski definition) is 4. The van der Waals surface area contributed by atoms with Crippen LogP contribution in [-0.4, -0.2) is 52.9 Å². The third kappa shape index (κ3) is 5.98. The third-order valence-corrected chi connectivity index (χ3v) is 5.55. The molecule has 3 rings (SSSR count). The van der Waals surface area contributed by atoms with Crippen LogP contribution in [0.1, 0.15) is 36.9 Å². The molecule has 1 aliphatic rings. The zero-order chi connectivity index (χ0) is 23.8. The number of urea groups is 1. The molecule has 4 amide bonds. The first kappa shape index (κ1) is 24.0. The fraction of sp³-hybridized carbons (Fsp3) is 0.320. The highest BCUT2D eigenvalue weighted by Crippen LogP contribution is 2.25. The Morgan fingerprint density at radius 1 is 1.12 bits per heavy atom. The van der Waals surface area contributed by atoms with Crippen LogP contribution < -0.4 is 16.5 Å². The van der Waals surface area contributed by atoms with Gasteiger partial charge >= 0.3 is 6.03 Å². The number of rotatable bonds is 7. The van der Waals surface area contributed by atoms with E-state index >= 15 is 0 Å². The van der Waals surface area contributed by atoms with E-state index in [-0.39, 0.29) is 18.5 Å². The van der Waals surface area contributed by atoms with Gasteiger partial charge in [-0.15, -0.1) is 6.58 Å². The summed E-state index contributed by atoms with van der Waals surface area (Å²) in [7, 11) is 0. The minimum Gasteiger partial charge on any atom is -0.343 e. The molecule has 8 heteroatoms. The van der Waals surface area contributed by atoms with Gasteiger partial charge in [0.05, 0.1) is 18.6 Å². The Morgan fingerprint density at radius 2 is 1.70 bits per heavy atom. The molecule has 0 bridgehead atoms. The van der Waals surface area contributed by atoms with E-state index in [9.17, 15) is 14.4 Å². The Kier molecular flexibility index (Phi) is 8.21. The molecule has 2 atom stereocenters. The molecule has 1 aliphatic heterocycles. The maximum absolute atomic E-state index is 13.4. The summed E-state index contributed by atoms with van der Waals surface area (Å²) in [4.78, 5) is 40.1. The Balaban J connectivity index is 1.79. The summed E-state index contributed by atoms with van der Waals surface area (Å²) < 4.78 is 0. The van der Waals surface area contributed by atoms with Crippen molar-refractivity contribution in [1.29, 1.82) is 0 Å². The Hall–Kier alpha value is -3.65. The number of amides is 4. The van der Waals surface area contributed by atoms with E-state index in [4.69, 9.17) is 5.73 Å². The molecule has 0 aliphatic carbocycles. The number of carbonyl (C=O) groups is 3. The number of hydrogen-bond donors (Lipinski definition) is 3.